The maximum atomic E-state index is 11.4. The fourth-order valence-electron chi connectivity index (χ4n) is 2.07. The van der Waals surface area contributed by atoms with E-state index >= 15 is 0 Å². The molecule has 1 amide bonds. The third-order valence-electron chi connectivity index (χ3n) is 3.54. The first-order valence-electron chi connectivity index (χ1n) is 6.10. The van der Waals surface area contributed by atoms with E-state index in [2.05, 4.69) is 12.2 Å². The molecule has 0 spiro atoms. The minimum atomic E-state index is 0.178. The van der Waals surface area contributed by atoms with Crippen molar-refractivity contribution < 1.29 is 9.21 Å². The summed E-state index contributed by atoms with van der Waals surface area (Å²) in [6.07, 6.45) is 3.34. The number of hydrogen-bond acceptors (Lipinski definition) is 2. The zero-order valence-electron chi connectivity index (χ0n) is 9.53. The number of nitrogens with one attached hydrogen (secondary N) is 1. The summed E-state index contributed by atoms with van der Waals surface area (Å²) in [4.78, 5) is 11.4. The monoisotopic (exact) mass is 219 g/mol. The zero-order chi connectivity index (χ0) is 11.1. The van der Waals surface area contributed by atoms with Crippen molar-refractivity contribution in [2.24, 2.45) is 11.8 Å². The van der Waals surface area contributed by atoms with E-state index < -0.39 is 0 Å². The van der Waals surface area contributed by atoms with E-state index in [-0.39, 0.29) is 11.8 Å². The second-order valence-corrected chi connectivity index (χ2v) is 5.12. The van der Waals surface area contributed by atoms with Crippen LogP contribution in [0.15, 0.2) is 16.5 Å². The number of amides is 1. The van der Waals surface area contributed by atoms with Gasteiger partial charge >= 0.3 is 0 Å². The van der Waals surface area contributed by atoms with Crippen LogP contribution in [0, 0.1) is 11.8 Å². The van der Waals surface area contributed by atoms with E-state index in [4.69, 9.17) is 4.42 Å². The molecule has 2 atom stereocenters. The lowest BCUT2D eigenvalue weighted by Crippen LogP contribution is -2.23. The molecule has 0 unspecified atom stereocenters. The van der Waals surface area contributed by atoms with Crippen LogP contribution in [-0.4, -0.2) is 5.91 Å². The van der Waals surface area contributed by atoms with Gasteiger partial charge in [-0.15, -0.1) is 0 Å². The summed E-state index contributed by atoms with van der Waals surface area (Å²) in [5.41, 5.74) is 0. The number of furan rings is 1. The summed E-state index contributed by atoms with van der Waals surface area (Å²) in [6.45, 7) is 2.78. The first-order chi connectivity index (χ1) is 7.74. The van der Waals surface area contributed by atoms with E-state index in [0.717, 1.165) is 30.3 Å². The number of carbonyl (C=O) groups is 1. The van der Waals surface area contributed by atoms with Crippen molar-refractivity contribution in [1.82, 2.24) is 5.32 Å². The molecule has 3 heteroatoms. The molecule has 2 aliphatic rings. The van der Waals surface area contributed by atoms with Crippen molar-refractivity contribution in [2.75, 3.05) is 0 Å². The highest BCUT2D eigenvalue weighted by atomic mass is 16.3. The summed E-state index contributed by atoms with van der Waals surface area (Å²) in [5, 5.41) is 2.91. The van der Waals surface area contributed by atoms with Gasteiger partial charge in [0, 0.05) is 11.8 Å². The molecule has 1 aromatic rings. The Kier molecular flexibility index (Phi) is 2.27. The quantitative estimate of drug-likeness (QED) is 0.845. The van der Waals surface area contributed by atoms with Crippen LogP contribution in [0.25, 0.3) is 0 Å². The second-order valence-electron chi connectivity index (χ2n) is 5.12. The highest BCUT2D eigenvalue weighted by molar-refractivity contribution is 5.80. The zero-order valence-corrected chi connectivity index (χ0v) is 9.53. The Balaban J connectivity index is 1.54. The Morgan fingerprint density at radius 2 is 2.25 bits per heavy atom. The fourth-order valence-corrected chi connectivity index (χ4v) is 2.07. The SMILES string of the molecule is C[C@@H]1C[C@H]1c1ccc(CNC(=O)C2CC2)o1. The lowest BCUT2D eigenvalue weighted by atomic mass is 10.3. The van der Waals surface area contributed by atoms with E-state index in [1.165, 1.54) is 6.42 Å². The minimum absolute atomic E-state index is 0.178. The van der Waals surface area contributed by atoms with Crippen LogP contribution in [-0.2, 0) is 11.3 Å². The standard InChI is InChI=1S/C13H17NO2/c1-8-6-11(8)12-5-4-10(16-12)7-14-13(15)9-2-3-9/h4-5,8-9,11H,2-3,6-7H2,1H3,(H,14,15)/t8-,11-/m1/s1. The Bertz CT molecular complexity index is 406. The Morgan fingerprint density at radius 1 is 1.50 bits per heavy atom. The van der Waals surface area contributed by atoms with E-state index in [9.17, 15) is 4.79 Å². The molecule has 0 aliphatic heterocycles. The number of rotatable bonds is 4. The van der Waals surface area contributed by atoms with Gasteiger partial charge in [-0.05, 0) is 37.3 Å². The van der Waals surface area contributed by atoms with E-state index in [0.29, 0.717) is 12.5 Å². The van der Waals surface area contributed by atoms with Crippen molar-refractivity contribution in [3.8, 4) is 0 Å². The summed E-state index contributed by atoms with van der Waals surface area (Å²) in [7, 11) is 0. The number of hydrogen-bond donors (Lipinski definition) is 1. The van der Waals surface area contributed by atoms with Crippen molar-refractivity contribution in [3.05, 3.63) is 23.7 Å². The van der Waals surface area contributed by atoms with Gasteiger partial charge in [-0.1, -0.05) is 6.92 Å². The van der Waals surface area contributed by atoms with Crippen LogP contribution >= 0.6 is 0 Å². The molecule has 3 nitrogen and oxygen atoms in total. The van der Waals surface area contributed by atoms with Crippen LogP contribution in [0.3, 0.4) is 0 Å². The van der Waals surface area contributed by atoms with Crippen molar-refractivity contribution in [3.63, 3.8) is 0 Å². The maximum absolute atomic E-state index is 11.4. The lowest BCUT2D eigenvalue weighted by Gasteiger charge is -2.00. The molecule has 0 bridgehead atoms. The van der Waals surface area contributed by atoms with Crippen molar-refractivity contribution in [1.29, 1.82) is 0 Å². The molecule has 3 rings (SSSR count). The van der Waals surface area contributed by atoms with Gasteiger partial charge in [-0.2, -0.15) is 0 Å². The minimum Gasteiger partial charge on any atom is -0.464 e. The van der Waals surface area contributed by atoms with Gasteiger partial charge in [-0.25, -0.2) is 0 Å². The average molecular weight is 219 g/mol. The second kappa shape index (κ2) is 3.65. The first-order valence-corrected chi connectivity index (χ1v) is 6.10. The molecule has 1 heterocycles. The highest BCUT2D eigenvalue weighted by Crippen LogP contribution is 2.47. The van der Waals surface area contributed by atoms with Gasteiger partial charge in [0.05, 0.1) is 6.54 Å². The van der Waals surface area contributed by atoms with Crippen LogP contribution < -0.4 is 5.32 Å². The molecule has 0 radical (unpaired) electrons. The number of carbonyl (C=O) groups excluding carboxylic acids is 1. The van der Waals surface area contributed by atoms with Crippen molar-refractivity contribution >= 4 is 5.91 Å². The molecule has 1 N–H and O–H groups in total. The van der Waals surface area contributed by atoms with Crippen molar-refractivity contribution in [2.45, 2.75) is 38.6 Å². The summed E-state index contributed by atoms with van der Waals surface area (Å²) in [6, 6.07) is 4.03. The Morgan fingerprint density at radius 3 is 2.88 bits per heavy atom. The van der Waals surface area contributed by atoms with Gasteiger partial charge < -0.3 is 9.73 Å². The fraction of sp³-hybridized carbons (Fsp3) is 0.615. The van der Waals surface area contributed by atoms with Crippen LogP contribution in [0.4, 0.5) is 0 Å². The van der Waals surface area contributed by atoms with Crippen LogP contribution in [0.2, 0.25) is 0 Å². The first kappa shape index (κ1) is 9.94. The molecular weight excluding hydrogens is 202 g/mol. The predicted octanol–water partition coefficient (Wildman–Crippen LogP) is 2.43. The average Bonchev–Trinajstić information content (AvgIpc) is 3.17. The lowest BCUT2D eigenvalue weighted by molar-refractivity contribution is -0.122. The van der Waals surface area contributed by atoms with E-state index in [1.807, 2.05) is 12.1 Å². The molecule has 2 saturated carbocycles. The molecule has 86 valence electrons. The Hall–Kier alpha value is -1.25. The van der Waals surface area contributed by atoms with Crippen LogP contribution in [0.5, 0.6) is 0 Å². The molecule has 0 saturated heterocycles. The normalized spacial score (nSPS) is 27.8. The van der Waals surface area contributed by atoms with Gasteiger partial charge in [-0.3, -0.25) is 4.79 Å². The van der Waals surface area contributed by atoms with Gasteiger partial charge in [0.15, 0.2) is 0 Å². The molecule has 16 heavy (non-hydrogen) atoms. The Labute approximate surface area is 95.2 Å². The third-order valence-corrected chi connectivity index (χ3v) is 3.54. The summed E-state index contributed by atoms with van der Waals surface area (Å²) in [5.74, 6) is 3.80. The smallest absolute Gasteiger partial charge is 0.223 e. The maximum Gasteiger partial charge on any atom is 0.223 e. The molecular formula is C13H17NO2. The third kappa shape index (κ3) is 1.99. The van der Waals surface area contributed by atoms with Gasteiger partial charge in [0.2, 0.25) is 5.91 Å². The van der Waals surface area contributed by atoms with Crippen LogP contribution in [0.1, 0.15) is 43.6 Å². The van der Waals surface area contributed by atoms with Gasteiger partial charge in [0.25, 0.3) is 0 Å². The molecule has 0 aromatic carbocycles. The predicted molar refractivity (Wildman–Crippen MR) is 59.8 cm³/mol. The largest absolute Gasteiger partial charge is 0.464 e. The van der Waals surface area contributed by atoms with E-state index in [1.54, 1.807) is 0 Å². The molecule has 2 aliphatic carbocycles. The summed E-state index contributed by atoms with van der Waals surface area (Å²) < 4.78 is 5.71. The highest BCUT2D eigenvalue weighted by Gasteiger charge is 2.36. The molecule has 1 aromatic heterocycles. The summed E-state index contributed by atoms with van der Waals surface area (Å²) >= 11 is 0. The topological polar surface area (TPSA) is 42.2 Å². The molecule has 2 fully saturated rings. The van der Waals surface area contributed by atoms with Gasteiger partial charge in [0.1, 0.15) is 11.5 Å².